The topological polar surface area (TPSA) is 70.7 Å². The molecule has 0 radical (unpaired) electrons. The van der Waals surface area contributed by atoms with Gasteiger partial charge in [0, 0.05) is 19.6 Å². The van der Waals surface area contributed by atoms with Crippen molar-refractivity contribution in [3.63, 3.8) is 0 Å². The van der Waals surface area contributed by atoms with Crippen LogP contribution in [0.15, 0.2) is 0 Å². The molecule has 0 aliphatic carbocycles. The van der Waals surface area contributed by atoms with Crippen molar-refractivity contribution in [3.8, 4) is 0 Å². The summed E-state index contributed by atoms with van der Waals surface area (Å²) >= 11 is 6.54. The second kappa shape index (κ2) is 7.94. The lowest BCUT2D eigenvalue weighted by Gasteiger charge is -2.26. The Morgan fingerprint density at radius 1 is 1.33 bits per heavy atom. The number of esters is 1. The maximum Gasteiger partial charge on any atom is 0.341 e. The van der Waals surface area contributed by atoms with E-state index in [9.17, 15) is 9.59 Å². The Morgan fingerprint density at radius 2 is 1.92 bits per heavy atom. The Morgan fingerprint density at radius 3 is 2.38 bits per heavy atom. The summed E-state index contributed by atoms with van der Waals surface area (Å²) in [7, 11) is 4.65. The molecule has 0 aliphatic heterocycles. The van der Waals surface area contributed by atoms with Crippen molar-refractivity contribution < 1.29 is 14.3 Å². The van der Waals surface area contributed by atoms with Gasteiger partial charge in [0.1, 0.15) is 5.00 Å². The number of carbonyl (C=O) groups excluding carboxylic acids is 2. The summed E-state index contributed by atoms with van der Waals surface area (Å²) in [5, 5.41) is 7.15. The number of methoxy groups -OCH3 is 1. The first-order valence-electron chi connectivity index (χ1n) is 7.56. The molecule has 0 fully saturated rings. The highest BCUT2D eigenvalue weighted by Crippen LogP contribution is 2.34. The zero-order valence-electron chi connectivity index (χ0n) is 15.2. The van der Waals surface area contributed by atoms with Gasteiger partial charge in [-0.15, -0.1) is 11.3 Å². The molecule has 0 unspecified atom stereocenters. The second-order valence-electron chi connectivity index (χ2n) is 6.27. The molecule has 24 heavy (non-hydrogen) atoms. The van der Waals surface area contributed by atoms with Crippen LogP contribution >= 0.6 is 23.6 Å². The molecule has 1 amide bonds. The SMILES string of the molecule is CCC(C)(C)NC(=S)Nc1sc(C(=O)N(C)C)c(C)c1C(=O)OC. The van der Waals surface area contributed by atoms with Crippen LogP contribution in [-0.4, -0.2) is 48.6 Å². The Labute approximate surface area is 152 Å². The number of thiophene rings is 1. The quantitative estimate of drug-likeness (QED) is 0.612. The van der Waals surface area contributed by atoms with E-state index in [1.165, 1.54) is 23.3 Å². The molecule has 0 aliphatic rings. The van der Waals surface area contributed by atoms with Crippen molar-refractivity contribution >= 4 is 45.5 Å². The van der Waals surface area contributed by atoms with Crippen molar-refractivity contribution in [2.45, 2.75) is 39.7 Å². The van der Waals surface area contributed by atoms with Gasteiger partial charge in [0.05, 0.1) is 17.6 Å². The van der Waals surface area contributed by atoms with Crippen LogP contribution in [0.25, 0.3) is 0 Å². The second-order valence-corrected chi connectivity index (χ2v) is 7.70. The fourth-order valence-electron chi connectivity index (χ4n) is 1.89. The third kappa shape index (κ3) is 4.67. The minimum Gasteiger partial charge on any atom is -0.465 e. The molecule has 0 saturated heterocycles. The lowest BCUT2D eigenvalue weighted by molar-refractivity contribution is 0.0601. The first-order chi connectivity index (χ1) is 11.0. The summed E-state index contributed by atoms with van der Waals surface area (Å²) in [6.45, 7) is 7.85. The van der Waals surface area contributed by atoms with Gasteiger partial charge >= 0.3 is 5.97 Å². The lowest BCUT2D eigenvalue weighted by Crippen LogP contribution is -2.44. The number of ether oxygens (including phenoxy) is 1. The summed E-state index contributed by atoms with van der Waals surface area (Å²) in [6.07, 6.45) is 0.881. The van der Waals surface area contributed by atoms with Gasteiger partial charge in [-0.25, -0.2) is 4.79 Å². The molecule has 0 bridgehead atoms. The molecule has 1 aromatic heterocycles. The fourth-order valence-corrected chi connectivity index (χ4v) is 3.55. The molecule has 0 atom stereocenters. The van der Waals surface area contributed by atoms with Crippen LogP contribution in [-0.2, 0) is 4.74 Å². The predicted octanol–water partition coefficient (Wildman–Crippen LogP) is 3.02. The standard InChI is InChI=1S/C16H25N3O3S2/c1-8-16(3,4)18-15(23)17-12-10(14(21)22-7)9(2)11(24-12)13(20)19(5)6/h8H2,1-7H3,(H2,17,18,23). The third-order valence-corrected chi connectivity index (χ3v) is 5.10. The van der Waals surface area contributed by atoms with Crippen LogP contribution in [0, 0.1) is 6.92 Å². The van der Waals surface area contributed by atoms with Crippen LogP contribution in [0.2, 0.25) is 0 Å². The van der Waals surface area contributed by atoms with E-state index in [1.807, 2.05) is 13.8 Å². The molecule has 0 spiro atoms. The molecule has 1 heterocycles. The summed E-state index contributed by atoms with van der Waals surface area (Å²) in [5.41, 5.74) is 0.751. The first kappa shape index (κ1) is 20.4. The van der Waals surface area contributed by atoms with Gasteiger partial charge in [-0.3, -0.25) is 4.79 Å². The molecular formula is C16H25N3O3S2. The van der Waals surface area contributed by atoms with Crippen molar-refractivity contribution in [2.24, 2.45) is 0 Å². The van der Waals surface area contributed by atoms with Crippen LogP contribution in [0.5, 0.6) is 0 Å². The van der Waals surface area contributed by atoms with Crippen molar-refractivity contribution in [3.05, 3.63) is 16.0 Å². The van der Waals surface area contributed by atoms with Crippen LogP contribution < -0.4 is 10.6 Å². The van der Waals surface area contributed by atoms with E-state index in [0.29, 0.717) is 26.1 Å². The molecule has 134 valence electrons. The van der Waals surface area contributed by atoms with Gasteiger partial charge in [0.25, 0.3) is 5.91 Å². The number of anilines is 1. The Hall–Kier alpha value is -1.67. The highest BCUT2D eigenvalue weighted by molar-refractivity contribution is 7.80. The van der Waals surface area contributed by atoms with Gasteiger partial charge in [0.15, 0.2) is 5.11 Å². The first-order valence-corrected chi connectivity index (χ1v) is 8.79. The Kier molecular flexibility index (Phi) is 6.74. The summed E-state index contributed by atoms with van der Waals surface area (Å²) in [4.78, 5) is 26.4. The lowest BCUT2D eigenvalue weighted by atomic mass is 10.0. The molecule has 8 heteroatoms. The van der Waals surface area contributed by atoms with E-state index >= 15 is 0 Å². The third-order valence-electron chi connectivity index (χ3n) is 3.70. The average Bonchev–Trinajstić information content (AvgIpc) is 2.81. The fraction of sp³-hybridized carbons (Fsp3) is 0.562. The number of hydrogen-bond acceptors (Lipinski definition) is 5. The largest absolute Gasteiger partial charge is 0.465 e. The minimum atomic E-state index is -0.499. The van der Waals surface area contributed by atoms with Gasteiger partial charge < -0.3 is 20.3 Å². The maximum atomic E-state index is 12.3. The van der Waals surface area contributed by atoms with Crippen LogP contribution in [0.4, 0.5) is 5.00 Å². The van der Waals surface area contributed by atoms with Gasteiger partial charge in [0.2, 0.25) is 0 Å². The number of amides is 1. The molecule has 0 aromatic carbocycles. The van der Waals surface area contributed by atoms with E-state index in [1.54, 1.807) is 21.0 Å². The number of nitrogens with zero attached hydrogens (tertiary/aromatic N) is 1. The molecule has 1 aromatic rings. The average molecular weight is 372 g/mol. The molecule has 2 N–H and O–H groups in total. The predicted molar refractivity (Wildman–Crippen MR) is 102 cm³/mol. The van der Waals surface area contributed by atoms with Crippen molar-refractivity contribution in [1.82, 2.24) is 10.2 Å². The van der Waals surface area contributed by atoms with Crippen LogP contribution in [0.3, 0.4) is 0 Å². The zero-order valence-corrected chi connectivity index (χ0v) is 16.8. The van der Waals surface area contributed by atoms with E-state index in [0.717, 1.165) is 6.42 Å². The molecule has 0 saturated carbocycles. The smallest absolute Gasteiger partial charge is 0.341 e. The van der Waals surface area contributed by atoms with Gasteiger partial charge in [-0.2, -0.15) is 0 Å². The van der Waals surface area contributed by atoms with E-state index in [4.69, 9.17) is 17.0 Å². The maximum absolute atomic E-state index is 12.3. The Bertz CT molecular complexity index is 651. The number of nitrogens with one attached hydrogen (secondary N) is 2. The normalized spacial score (nSPS) is 11.0. The summed E-state index contributed by atoms with van der Waals surface area (Å²) < 4.78 is 4.85. The highest BCUT2D eigenvalue weighted by atomic mass is 32.1. The monoisotopic (exact) mass is 371 g/mol. The molecular weight excluding hydrogens is 346 g/mol. The molecule has 6 nitrogen and oxygen atoms in total. The van der Waals surface area contributed by atoms with Gasteiger partial charge in [-0.1, -0.05) is 6.92 Å². The van der Waals surface area contributed by atoms with Gasteiger partial charge in [-0.05, 0) is 45.0 Å². The van der Waals surface area contributed by atoms with Crippen molar-refractivity contribution in [1.29, 1.82) is 0 Å². The van der Waals surface area contributed by atoms with E-state index in [2.05, 4.69) is 17.6 Å². The zero-order chi connectivity index (χ0) is 18.7. The number of hydrogen-bond donors (Lipinski definition) is 2. The highest BCUT2D eigenvalue weighted by Gasteiger charge is 2.27. The van der Waals surface area contributed by atoms with Crippen molar-refractivity contribution in [2.75, 3.05) is 26.5 Å². The number of thiocarbonyl (C=S) groups is 1. The number of rotatable bonds is 5. The van der Waals surface area contributed by atoms with E-state index < -0.39 is 5.97 Å². The van der Waals surface area contributed by atoms with Crippen LogP contribution in [0.1, 0.15) is 52.8 Å². The van der Waals surface area contributed by atoms with E-state index in [-0.39, 0.29) is 11.4 Å². The number of carbonyl (C=O) groups is 2. The molecule has 1 rings (SSSR count). The Balaban J connectivity index is 3.22. The summed E-state index contributed by atoms with van der Waals surface area (Å²) in [5.74, 6) is -0.662. The summed E-state index contributed by atoms with van der Waals surface area (Å²) in [6, 6.07) is 0. The minimum absolute atomic E-state index is 0.163.